The molecule has 6 heteroatoms. The molecule has 0 aromatic carbocycles. The van der Waals surface area contributed by atoms with E-state index in [1.807, 2.05) is 13.8 Å². The molecule has 0 amide bonds. The van der Waals surface area contributed by atoms with Crippen LogP contribution in [-0.2, 0) is 6.54 Å². The molecule has 94 valence electrons. The van der Waals surface area contributed by atoms with Crippen molar-refractivity contribution < 1.29 is 0 Å². The minimum absolute atomic E-state index is 0.173. The van der Waals surface area contributed by atoms with Gasteiger partial charge in [0.05, 0.1) is 11.9 Å². The Morgan fingerprint density at radius 2 is 2.06 bits per heavy atom. The highest BCUT2D eigenvalue weighted by Crippen LogP contribution is 2.02. The molecule has 6 nitrogen and oxygen atoms in total. The lowest BCUT2D eigenvalue weighted by Crippen LogP contribution is -2.24. The quantitative estimate of drug-likeness (QED) is 0.866. The SMILES string of the molecule is CC(C)Nc1cnn(Cc2ncccn2)c(=O)c1. The van der Waals surface area contributed by atoms with E-state index in [0.717, 1.165) is 5.69 Å². The lowest BCUT2D eigenvalue weighted by molar-refractivity contribution is 0.614. The van der Waals surface area contributed by atoms with Crippen LogP contribution in [0, 0.1) is 0 Å². The van der Waals surface area contributed by atoms with E-state index in [4.69, 9.17) is 0 Å². The molecule has 0 fully saturated rings. The molecule has 18 heavy (non-hydrogen) atoms. The van der Waals surface area contributed by atoms with Gasteiger partial charge in [-0.2, -0.15) is 5.10 Å². The van der Waals surface area contributed by atoms with Crippen molar-refractivity contribution in [3.8, 4) is 0 Å². The Kier molecular flexibility index (Phi) is 3.66. The monoisotopic (exact) mass is 245 g/mol. The maximum absolute atomic E-state index is 11.8. The Morgan fingerprint density at radius 1 is 1.33 bits per heavy atom. The van der Waals surface area contributed by atoms with Crippen LogP contribution in [0.5, 0.6) is 0 Å². The highest BCUT2D eigenvalue weighted by molar-refractivity contribution is 5.39. The molecule has 0 aliphatic carbocycles. The smallest absolute Gasteiger partial charge is 0.269 e. The van der Waals surface area contributed by atoms with Gasteiger partial charge in [-0.3, -0.25) is 4.79 Å². The summed E-state index contributed by atoms with van der Waals surface area (Å²) >= 11 is 0. The largest absolute Gasteiger partial charge is 0.381 e. The summed E-state index contributed by atoms with van der Waals surface area (Å²) in [5.41, 5.74) is 0.549. The first kappa shape index (κ1) is 12.2. The predicted octanol–water partition coefficient (Wildman–Crippen LogP) is 0.902. The summed E-state index contributed by atoms with van der Waals surface area (Å²) in [5, 5.41) is 7.22. The highest BCUT2D eigenvalue weighted by atomic mass is 16.1. The van der Waals surface area contributed by atoms with Gasteiger partial charge in [0.15, 0.2) is 0 Å². The fraction of sp³-hybridized carbons (Fsp3) is 0.333. The second-order valence-electron chi connectivity index (χ2n) is 4.20. The van der Waals surface area contributed by atoms with E-state index in [-0.39, 0.29) is 18.1 Å². The Hall–Kier alpha value is -2.24. The molecule has 0 aliphatic rings. The second kappa shape index (κ2) is 5.39. The molecule has 2 aromatic rings. The van der Waals surface area contributed by atoms with Gasteiger partial charge in [0.1, 0.15) is 12.4 Å². The molecule has 0 unspecified atom stereocenters. The molecule has 2 heterocycles. The molecule has 2 aromatic heterocycles. The van der Waals surface area contributed by atoms with Gasteiger partial charge in [-0.05, 0) is 19.9 Å². The summed E-state index contributed by atoms with van der Waals surface area (Å²) in [6.45, 7) is 4.29. The summed E-state index contributed by atoms with van der Waals surface area (Å²) in [4.78, 5) is 19.9. The molecule has 0 aliphatic heterocycles. The van der Waals surface area contributed by atoms with E-state index >= 15 is 0 Å². The van der Waals surface area contributed by atoms with Crippen molar-refractivity contribution in [2.45, 2.75) is 26.4 Å². The van der Waals surface area contributed by atoms with Gasteiger partial charge in [-0.25, -0.2) is 14.6 Å². The Bertz CT molecular complexity index is 564. The third-order valence-electron chi connectivity index (χ3n) is 2.24. The topological polar surface area (TPSA) is 72.7 Å². The average Bonchev–Trinajstić information content (AvgIpc) is 2.33. The number of hydrogen-bond donors (Lipinski definition) is 1. The number of nitrogens with zero attached hydrogens (tertiary/aromatic N) is 4. The van der Waals surface area contributed by atoms with Crippen LogP contribution < -0.4 is 10.9 Å². The van der Waals surface area contributed by atoms with Crippen molar-refractivity contribution in [1.82, 2.24) is 19.7 Å². The van der Waals surface area contributed by atoms with Crippen molar-refractivity contribution >= 4 is 5.69 Å². The molecule has 0 atom stereocenters. The Labute approximate surface area is 105 Å². The van der Waals surface area contributed by atoms with Crippen LogP contribution in [0.25, 0.3) is 0 Å². The first-order chi connectivity index (χ1) is 8.65. The van der Waals surface area contributed by atoms with E-state index in [0.29, 0.717) is 5.82 Å². The minimum atomic E-state index is -0.173. The first-order valence-electron chi connectivity index (χ1n) is 5.75. The van der Waals surface area contributed by atoms with Crippen LogP contribution >= 0.6 is 0 Å². The van der Waals surface area contributed by atoms with Crippen molar-refractivity contribution in [1.29, 1.82) is 0 Å². The zero-order chi connectivity index (χ0) is 13.0. The first-order valence-corrected chi connectivity index (χ1v) is 5.75. The molecular formula is C12H15N5O. The zero-order valence-corrected chi connectivity index (χ0v) is 10.4. The summed E-state index contributed by atoms with van der Waals surface area (Å²) < 4.78 is 1.33. The molecule has 2 rings (SSSR count). The number of aromatic nitrogens is 4. The summed E-state index contributed by atoms with van der Waals surface area (Å²) in [6, 6.07) is 3.52. The van der Waals surface area contributed by atoms with Crippen LogP contribution in [0.4, 0.5) is 5.69 Å². The second-order valence-corrected chi connectivity index (χ2v) is 4.20. The molecular weight excluding hydrogens is 230 g/mol. The van der Waals surface area contributed by atoms with Crippen LogP contribution in [0.1, 0.15) is 19.7 Å². The molecule has 0 radical (unpaired) electrons. The summed E-state index contributed by atoms with van der Waals surface area (Å²) in [7, 11) is 0. The minimum Gasteiger partial charge on any atom is -0.381 e. The van der Waals surface area contributed by atoms with Gasteiger partial charge in [-0.15, -0.1) is 0 Å². The van der Waals surface area contributed by atoms with Crippen molar-refractivity contribution in [3.63, 3.8) is 0 Å². The third-order valence-corrected chi connectivity index (χ3v) is 2.24. The number of rotatable bonds is 4. The Morgan fingerprint density at radius 3 is 2.67 bits per heavy atom. The molecule has 0 saturated heterocycles. The van der Waals surface area contributed by atoms with Crippen LogP contribution in [0.15, 0.2) is 35.5 Å². The number of hydrogen-bond acceptors (Lipinski definition) is 5. The normalized spacial score (nSPS) is 10.6. The van der Waals surface area contributed by atoms with E-state index in [1.54, 1.807) is 24.7 Å². The zero-order valence-electron chi connectivity index (χ0n) is 10.4. The standard InChI is InChI=1S/C12H15N5O/c1-9(2)16-10-6-12(18)17(15-7-10)8-11-13-4-3-5-14-11/h3-7,9,16H,8H2,1-2H3. The van der Waals surface area contributed by atoms with Gasteiger partial charge < -0.3 is 5.32 Å². The molecule has 1 N–H and O–H groups in total. The van der Waals surface area contributed by atoms with Crippen LogP contribution in [-0.4, -0.2) is 25.8 Å². The van der Waals surface area contributed by atoms with Crippen molar-refractivity contribution in [3.05, 3.63) is 46.9 Å². The fourth-order valence-electron chi connectivity index (χ4n) is 1.51. The van der Waals surface area contributed by atoms with Gasteiger partial charge in [0.2, 0.25) is 0 Å². The fourth-order valence-corrected chi connectivity index (χ4v) is 1.51. The van der Waals surface area contributed by atoms with E-state index in [2.05, 4.69) is 20.4 Å². The highest BCUT2D eigenvalue weighted by Gasteiger charge is 2.03. The van der Waals surface area contributed by atoms with Crippen LogP contribution in [0.2, 0.25) is 0 Å². The molecule has 0 spiro atoms. The third kappa shape index (κ3) is 3.13. The molecule has 0 bridgehead atoms. The van der Waals surface area contributed by atoms with Gasteiger partial charge >= 0.3 is 0 Å². The number of nitrogens with one attached hydrogen (secondary N) is 1. The maximum atomic E-state index is 11.8. The van der Waals surface area contributed by atoms with E-state index in [9.17, 15) is 4.79 Å². The average molecular weight is 245 g/mol. The lowest BCUT2D eigenvalue weighted by atomic mass is 10.3. The summed E-state index contributed by atoms with van der Waals surface area (Å²) in [5.74, 6) is 0.566. The Balaban J connectivity index is 2.18. The van der Waals surface area contributed by atoms with Gasteiger partial charge in [0, 0.05) is 24.5 Å². The van der Waals surface area contributed by atoms with E-state index in [1.165, 1.54) is 10.7 Å². The maximum Gasteiger partial charge on any atom is 0.269 e. The van der Waals surface area contributed by atoms with Gasteiger partial charge in [0.25, 0.3) is 5.56 Å². The van der Waals surface area contributed by atoms with E-state index < -0.39 is 0 Å². The summed E-state index contributed by atoms with van der Waals surface area (Å²) in [6.07, 6.45) is 4.91. The van der Waals surface area contributed by atoms with Crippen molar-refractivity contribution in [2.75, 3.05) is 5.32 Å². The van der Waals surface area contributed by atoms with Crippen molar-refractivity contribution in [2.24, 2.45) is 0 Å². The number of anilines is 1. The van der Waals surface area contributed by atoms with Crippen LogP contribution in [0.3, 0.4) is 0 Å². The predicted molar refractivity (Wildman–Crippen MR) is 68.4 cm³/mol. The lowest BCUT2D eigenvalue weighted by Gasteiger charge is -2.10. The van der Waals surface area contributed by atoms with Gasteiger partial charge in [-0.1, -0.05) is 0 Å². The molecule has 0 saturated carbocycles.